The maximum atomic E-state index is 4.43. The topological polar surface area (TPSA) is 3.24 Å². The molecule has 1 nitrogen and oxygen atoms in total. The highest BCUT2D eigenvalue weighted by molar-refractivity contribution is 5.27. The summed E-state index contributed by atoms with van der Waals surface area (Å²) in [6.07, 6.45) is 11.7. The molecule has 0 aromatic carbocycles. The van der Waals surface area contributed by atoms with E-state index in [0.29, 0.717) is 5.41 Å². The SMILES string of the molecule is C=C(C)C1(/C=C/C)CN(CC)CCC12CCC(CC)C2. The summed E-state index contributed by atoms with van der Waals surface area (Å²) in [6, 6.07) is 0. The molecule has 2 fully saturated rings. The molecular formula is C19H33N. The van der Waals surface area contributed by atoms with Gasteiger partial charge in [-0.25, -0.2) is 0 Å². The number of rotatable bonds is 4. The van der Waals surface area contributed by atoms with Gasteiger partial charge in [-0.05, 0) is 64.0 Å². The molecule has 1 heteroatoms. The van der Waals surface area contributed by atoms with Gasteiger partial charge in [-0.1, -0.05) is 44.6 Å². The molecule has 1 saturated heterocycles. The summed E-state index contributed by atoms with van der Waals surface area (Å²) in [5, 5.41) is 0. The minimum Gasteiger partial charge on any atom is -0.302 e. The van der Waals surface area contributed by atoms with Crippen LogP contribution in [0.15, 0.2) is 24.3 Å². The maximum Gasteiger partial charge on any atom is 0.0270 e. The van der Waals surface area contributed by atoms with E-state index in [9.17, 15) is 0 Å². The van der Waals surface area contributed by atoms with Gasteiger partial charge in [-0.15, -0.1) is 0 Å². The van der Waals surface area contributed by atoms with Crippen LogP contribution in [-0.2, 0) is 0 Å². The summed E-state index contributed by atoms with van der Waals surface area (Å²) >= 11 is 0. The van der Waals surface area contributed by atoms with Crippen LogP contribution in [0.25, 0.3) is 0 Å². The number of nitrogens with zero attached hydrogens (tertiary/aromatic N) is 1. The minimum absolute atomic E-state index is 0.208. The Kier molecular flexibility index (Phi) is 4.79. The molecule has 2 rings (SSSR count). The van der Waals surface area contributed by atoms with Crippen molar-refractivity contribution in [2.75, 3.05) is 19.6 Å². The summed E-state index contributed by atoms with van der Waals surface area (Å²) in [7, 11) is 0. The quantitative estimate of drug-likeness (QED) is 0.649. The molecule has 1 aliphatic carbocycles. The lowest BCUT2D eigenvalue weighted by molar-refractivity contribution is 0.00578. The first-order chi connectivity index (χ1) is 9.53. The summed E-state index contributed by atoms with van der Waals surface area (Å²) in [4.78, 5) is 2.62. The van der Waals surface area contributed by atoms with Crippen molar-refractivity contribution in [3.05, 3.63) is 24.3 Å². The lowest BCUT2D eigenvalue weighted by atomic mass is 9.55. The van der Waals surface area contributed by atoms with E-state index in [2.05, 4.69) is 51.3 Å². The Morgan fingerprint density at radius 3 is 2.60 bits per heavy atom. The second-order valence-electron chi connectivity index (χ2n) is 7.17. The molecule has 0 bridgehead atoms. The van der Waals surface area contributed by atoms with Crippen LogP contribution >= 0.6 is 0 Å². The summed E-state index contributed by atoms with van der Waals surface area (Å²) in [5.74, 6) is 0.937. The number of hydrogen-bond acceptors (Lipinski definition) is 1. The summed E-state index contributed by atoms with van der Waals surface area (Å²) in [5.41, 5.74) is 2.07. The largest absolute Gasteiger partial charge is 0.302 e. The molecule has 0 aromatic heterocycles. The van der Waals surface area contributed by atoms with Crippen LogP contribution in [-0.4, -0.2) is 24.5 Å². The summed E-state index contributed by atoms with van der Waals surface area (Å²) in [6.45, 7) is 17.2. The molecule has 0 aromatic rings. The van der Waals surface area contributed by atoms with E-state index in [1.165, 1.54) is 57.3 Å². The third kappa shape index (κ3) is 2.39. The van der Waals surface area contributed by atoms with Gasteiger partial charge in [0.1, 0.15) is 0 Å². The zero-order valence-electron chi connectivity index (χ0n) is 14.0. The van der Waals surface area contributed by atoms with E-state index in [1.54, 1.807) is 0 Å². The average Bonchev–Trinajstić information content (AvgIpc) is 2.86. The number of allylic oxidation sites excluding steroid dienone is 1. The van der Waals surface area contributed by atoms with Crippen molar-refractivity contribution < 1.29 is 0 Å². The number of hydrogen-bond donors (Lipinski definition) is 0. The normalized spacial score (nSPS) is 38.9. The number of piperidine rings is 1. The van der Waals surface area contributed by atoms with Crippen molar-refractivity contribution in [3.8, 4) is 0 Å². The zero-order chi connectivity index (χ0) is 14.8. The van der Waals surface area contributed by atoms with Gasteiger partial charge in [-0.2, -0.15) is 0 Å². The number of likely N-dealkylation sites (tertiary alicyclic amines) is 1. The smallest absolute Gasteiger partial charge is 0.0270 e. The van der Waals surface area contributed by atoms with Crippen molar-refractivity contribution in [2.24, 2.45) is 16.7 Å². The van der Waals surface area contributed by atoms with Crippen molar-refractivity contribution >= 4 is 0 Å². The van der Waals surface area contributed by atoms with E-state index < -0.39 is 0 Å². The van der Waals surface area contributed by atoms with E-state index in [4.69, 9.17) is 0 Å². The Morgan fingerprint density at radius 2 is 2.10 bits per heavy atom. The van der Waals surface area contributed by atoms with Crippen molar-refractivity contribution in [1.82, 2.24) is 4.90 Å². The first-order valence-electron chi connectivity index (χ1n) is 8.55. The Hall–Kier alpha value is -0.560. The Balaban J connectivity index is 2.40. The van der Waals surface area contributed by atoms with Crippen LogP contribution in [0, 0.1) is 16.7 Å². The van der Waals surface area contributed by atoms with Crippen LogP contribution in [0.5, 0.6) is 0 Å². The fourth-order valence-electron chi connectivity index (χ4n) is 4.93. The molecule has 0 amide bonds. The zero-order valence-corrected chi connectivity index (χ0v) is 14.0. The monoisotopic (exact) mass is 275 g/mol. The molecule has 3 atom stereocenters. The lowest BCUT2D eigenvalue weighted by Crippen LogP contribution is -2.54. The highest BCUT2D eigenvalue weighted by Crippen LogP contribution is 2.61. The Bertz CT molecular complexity index is 383. The van der Waals surface area contributed by atoms with E-state index >= 15 is 0 Å². The molecule has 0 radical (unpaired) electrons. The Labute approximate surface area is 126 Å². The molecule has 3 unspecified atom stereocenters. The van der Waals surface area contributed by atoms with Crippen molar-refractivity contribution in [2.45, 2.75) is 59.8 Å². The van der Waals surface area contributed by atoms with Crippen LogP contribution in [0.2, 0.25) is 0 Å². The third-order valence-corrected chi connectivity index (χ3v) is 6.27. The first kappa shape index (κ1) is 15.8. The molecule has 114 valence electrons. The third-order valence-electron chi connectivity index (χ3n) is 6.27. The average molecular weight is 275 g/mol. The molecular weight excluding hydrogens is 242 g/mol. The maximum absolute atomic E-state index is 4.43. The highest BCUT2D eigenvalue weighted by atomic mass is 15.1. The van der Waals surface area contributed by atoms with Gasteiger partial charge >= 0.3 is 0 Å². The summed E-state index contributed by atoms with van der Waals surface area (Å²) < 4.78 is 0. The van der Waals surface area contributed by atoms with Gasteiger partial charge in [0, 0.05) is 12.0 Å². The van der Waals surface area contributed by atoms with Gasteiger partial charge < -0.3 is 4.90 Å². The van der Waals surface area contributed by atoms with Crippen LogP contribution in [0.3, 0.4) is 0 Å². The second kappa shape index (κ2) is 6.05. The van der Waals surface area contributed by atoms with Gasteiger partial charge in [0.15, 0.2) is 0 Å². The minimum atomic E-state index is 0.208. The van der Waals surface area contributed by atoms with Gasteiger partial charge in [0.25, 0.3) is 0 Å². The van der Waals surface area contributed by atoms with E-state index in [1.807, 2.05) is 0 Å². The second-order valence-corrected chi connectivity index (χ2v) is 7.17. The molecule has 0 N–H and O–H groups in total. The first-order valence-corrected chi connectivity index (χ1v) is 8.55. The molecule has 2 aliphatic rings. The van der Waals surface area contributed by atoms with Crippen molar-refractivity contribution in [1.29, 1.82) is 0 Å². The van der Waals surface area contributed by atoms with Gasteiger partial charge in [0.2, 0.25) is 0 Å². The fourth-order valence-corrected chi connectivity index (χ4v) is 4.93. The highest BCUT2D eigenvalue weighted by Gasteiger charge is 2.55. The molecule has 1 aliphatic heterocycles. The molecule has 20 heavy (non-hydrogen) atoms. The van der Waals surface area contributed by atoms with Crippen molar-refractivity contribution in [3.63, 3.8) is 0 Å². The fraction of sp³-hybridized carbons (Fsp3) is 0.789. The molecule has 1 heterocycles. The van der Waals surface area contributed by atoms with Crippen LogP contribution in [0.4, 0.5) is 0 Å². The standard InChI is InChI=1S/C19H33N/c1-6-10-19(16(4)5)15-20(8-3)13-12-18(19)11-9-17(7-2)14-18/h6,10,17H,4,7-9,11-15H2,1-3,5H3/b10-6+. The lowest BCUT2D eigenvalue weighted by Gasteiger charge is -2.55. The van der Waals surface area contributed by atoms with E-state index in [0.717, 1.165) is 5.92 Å². The van der Waals surface area contributed by atoms with Crippen LogP contribution < -0.4 is 0 Å². The Morgan fingerprint density at radius 1 is 1.35 bits per heavy atom. The molecule has 1 spiro atoms. The predicted octanol–water partition coefficient (Wildman–Crippen LogP) is 5.05. The van der Waals surface area contributed by atoms with Gasteiger partial charge in [0.05, 0.1) is 0 Å². The van der Waals surface area contributed by atoms with Crippen LogP contribution in [0.1, 0.15) is 59.8 Å². The molecule has 1 saturated carbocycles. The van der Waals surface area contributed by atoms with E-state index in [-0.39, 0.29) is 5.41 Å². The van der Waals surface area contributed by atoms with Gasteiger partial charge in [-0.3, -0.25) is 0 Å². The predicted molar refractivity (Wildman–Crippen MR) is 88.9 cm³/mol.